The van der Waals surface area contributed by atoms with Gasteiger partial charge < -0.3 is 14.6 Å². The lowest BCUT2D eigenvalue weighted by Crippen LogP contribution is -2.08. The van der Waals surface area contributed by atoms with Crippen LogP contribution in [0.15, 0.2) is 12.1 Å². The van der Waals surface area contributed by atoms with Crippen LogP contribution < -0.4 is 9.47 Å². The molecule has 1 N–H and O–H groups in total. The van der Waals surface area contributed by atoms with E-state index in [1.807, 2.05) is 0 Å². The Morgan fingerprint density at radius 1 is 1.31 bits per heavy atom. The van der Waals surface area contributed by atoms with E-state index in [-0.39, 0.29) is 0 Å². The summed E-state index contributed by atoms with van der Waals surface area (Å²) in [6, 6.07) is 3.25. The largest absolute Gasteiger partial charge is 0.493 e. The van der Waals surface area contributed by atoms with Crippen LogP contribution in [0.3, 0.4) is 0 Å². The van der Waals surface area contributed by atoms with Gasteiger partial charge in [0.05, 0.1) is 19.8 Å². The second kappa shape index (κ2) is 3.79. The van der Waals surface area contributed by atoms with Crippen molar-refractivity contribution in [3.05, 3.63) is 23.3 Å². The molecule has 1 aromatic carbocycles. The molecule has 0 saturated heterocycles. The number of carbonyl (C=O) groups excluding carboxylic acids is 1. The zero-order chi connectivity index (χ0) is 11.8. The van der Waals surface area contributed by atoms with Crippen LogP contribution in [0, 0.1) is 0 Å². The number of aldehydes is 1. The second-order valence-corrected chi connectivity index (χ2v) is 3.95. The molecule has 1 aromatic rings. The van der Waals surface area contributed by atoms with Crippen molar-refractivity contribution in [2.75, 3.05) is 14.2 Å². The molecular formula is C12H14O4. The molecule has 2 rings (SSSR count). The van der Waals surface area contributed by atoms with Gasteiger partial charge in [0.15, 0.2) is 11.5 Å². The minimum Gasteiger partial charge on any atom is -0.493 e. The van der Waals surface area contributed by atoms with Crippen molar-refractivity contribution in [1.29, 1.82) is 0 Å². The summed E-state index contributed by atoms with van der Waals surface area (Å²) in [5, 5.41) is 10.1. The zero-order valence-electron chi connectivity index (χ0n) is 9.32. The molecule has 0 aromatic heterocycles. The summed E-state index contributed by atoms with van der Waals surface area (Å²) in [5.74, 6) is 0.982. The predicted octanol–water partition coefficient (Wildman–Crippen LogP) is 1.50. The average Bonchev–Trinajstić information content (AvgIpc) is 3.06. The maximum Gasteiger partial charge on any atom is 0.166 e. The number of methoxy groups -OCH3 is 2. The summed E-state index contributed by atoms with van der Waals surface area (Å²) >= 11 is 0. The van der Waals surface area contributed by atoms with Gasteiger partial charge in [-0.2, -0.15) is 0 Å². The summed E-state index contributed by atoms with van der Waals surface area (Å²) in [7, 11) is 3.03. The summed E-state index contributed by atoms with van der Waals surface area (Å²) in [5.41, 5.74) is 0.266. The molecule has 0 spiro atoms. The van der Waals surface area contributed by atoms with Gasteiger partial charge in [-0.05, 0) is 25.0 Å². The number of hydrogen-bond donors (Lipinski definition) is 1. The van der Waals surface area contributed by atoms with Crippen molar-refractivity contribution in [2.24, 2.45) is 0 Å². The number of rotatable bonds is 4. The molecule has 1 saturated carbocycles. The molecule has 4 heteroatoms. The summed E-state index contributed by atoms with van der Waals surface area (Å²) in [4.78, 5) is 10.8. The van der Waals surface area contributed by atoms with E-state index >= 15 is 0 Å². The molecule has 0 atom stereocenters. The van der Waals surface area contributed by atoms with Crippen molar-refractivity contribution >= 4 is 6.29 Å². The Bertz CT molecular complexity index is 421. The van der Waals surface area contributed by atoms with Gasteiger partial charge in [0.2, 0.25) is 0 Å². The SMILES string of the molecule is COc1cc(C=O)cc(C2(O)CC2)c1OC. The Morgan fingerprint density at radius 3 is 2.44 bits per heavy atom. The van der Waals surface area contributed by atoms with Crippen molar-refractivity contribution in [1.82, 2.24) is 0 Å². The molecule has 86 valence electrons. The van der Waals surface area contributed by atoms with Crippen molar-refractivity contribution in [2.45, 2.75) is 18.4 Å². The smallest absolute Gasteiger partial charge is 0.166 e. The first-order chi connectivity index (χ1) is 7.64. The van der Waals surface area contributed by atoms with E-state index < -0.39 is 5.60 Å². The molecule has 1 aliphatic rings. The summed E-state index contributed by atoms with van der Waals surface area (Å²) in [6.07, 6.45) is 2.11. The standard InChI is InChI=1S/C12H14O4/c1-15-10-6-8(7-13)5-9(11(10)16-2)12(14)3-4-12/h5-7,14H,3-4H2,1-2H3. The van der Waals surface area contributed by atoms with Gasteiger partial charge in [-0.25, -0.2) is 0 Å². The van der Waals surface area contributed by atoms with Gasteiger partial charge in [0, 0.05) is 11.1 Å². The zero-order valence-corrected chi connectivity index (χ0v) is 9.32. The minimum atomic E-state index is -0.850. The number of benzene rings is 1. The monoisotopic (exact) mass is 222 g/mol. The maximum absolute atomic E-state index is 10.8. The molecule has 0 radical (unpaired) electrons. The normalized spacial score (nSPS) is 16.7. The number of hydrogen-bond acceptors (Lipinski definition) is 4. The molecule has 16 heavy (non-hydrogen) atoms. The molecule has 0 amide bonds. The molecule has 0 aliphatic heterocycles. The molecule has 1 aliphatic carbocycles. The van der Waals surface area contributed by atoms with Crippen molar-refractivity contribution in [3.63, 3.8) is 0 Å². The van der Waals surface area contributed by atoms with E-state index in [1.54, 1.807) is 12.1 Å². The summed E-state index contributed by atoms with van der Waals surface area (Å²) < 4.78 is 10.4. The van der Waals surface area contributed by atoms with Crippen LogP contribution >= 0.6 is 0 Å². The fourth-order valence-corrected chi connectivity index (χ4v) is 1.79. The van der Waals surface area contributed by atoms with E-state index in [0.29, 0.717) is 35.5 Å². The third kappa shape index (κ3) is 1.65. The Kier molecular flexibility index (Phi) is 2.59. The quantitative estimate of drug-likeness (QED) is 0.784. The van der Waals surface area contributed by atoms with Crippen LogP contribution in [0.2, 0.25) is 0 Å². The van der Waals surface area contributed by atoms with E-state index in [2.05, 4.69) is 0 Å². The maximum atomic E-state index is 10.8. The van der Waals surface area contributed by atoms with E-state index in [4.69, 9.17) is 9.47 Å². The van der Waals surface area contributed by atoms with Gasteiger partial charge in [0.1, 0.15) is 6.29 Å². The van der Waals surface area contributed by atoms with Gasteiger partial charge in [-0.3, -0.25) is 4.79 Å². The lowest BCUT2D eigenvalue weighted by atomic mass is 10.0. The van der Waals surface area contributed by atoms with Gasteiger partial charge >= 0.3 is 0 Å². The highest BCUT2D eigenvalue weighted by molar-refractivity contribution is 5.78. The van der Waals surface area contributed by atoms with E-state index in [9.17, 15) is 9.90 Å². The third-order valence-electron chi connectivity index (χ3n) is 2.86. The Balaban J connectivity index is 2.59. The Morgan fingerprint density at radius 2 is 2.00 bits per heavy atom. The first kappa shape index (κ1) is 11.0. The molecule has 4 nitrogen and oxygen atoms in total. The van der Waals surface area contributed by atoms with Crippen LogP contribution in [0.25, 0.3) is 0 Å². The first-order valence-corrected chi connectivity index (χ1v) is 5.08. The fourth-order valence-electron chi connectivity index (χ4n) is 1.79. The van der Waals surface area contributed by atoms with Crippen LogP contribution in [-0.4, -0.2) is 25.6 Å². The first-order valence-electron chi connectivity index (χ1n) is 5.08. The van der Waals surface area contributed by atoms with E-state index in [1.165, 1.54) is 14.2 Å². The highest BCUT2D eigenvalue weighted by Gasteiger charge is 2.45. The highest BCUT2D eigenvalue weighted by atomic mass is 16.5. The predicted molar refractivity (Wildman–Crippen MR) is 58.1 cm³/mol. The van der Waals surface area contributed by atoms with Crippen molar-refractivity contribution in [3.8, 4) is 11.5 Å². The molecule has 0 heterocycles. The minimum absolute atomic E-state index is 0.474. The molecular weight excluding hydrogens is 208 g/mol. The molecule has 1 fully saturated rings. The van der Waals surface area contributed by atoms with Crippen LogP contribution in [-0.2, 0) is 5.60 Å². The van der Waals surface area contributed by atoms with Gasteiger partial charge in [0.25, 0.3) is 0 Å². The Hall–Kier alpha value is -1.55. The lowest BCUT2D eigenvalue weighted by molar-refractivity contribution is 0.112. The number of carbonyl (C=O) groups is 1. The highest BCUT2D eigenvalue weighted by Crippen LogP contribution is 2.51. The van der Waals surface area contributed by atoms with Gasteiger partial charge in [-0.15, -0.1) is 0 Å². The average molecular weight is 222 g/mol. The van der Waals surface area contributed by atoms with E-state index in [0.717, 1.165) is 6.29 Å². The van der Waals surface area contributed by atoms with Crippen LogP contribution in [0.1, 0.15) is 28.8 Å². The Labute approximate surface area is 93.8 Å². The summed E-state index contributed by atoms with van der Waals surface area (Å²) in [6.45, 7) is 0. The molecule has 0 bridgehead atoms. The topological polar surface area (TPSA) is 55.8 Å². The van der Waals surface area contributed by atoms with Crippen molar-refractivity contribution < 1.29 is 19.4 Å². The van der Waals surface area contributed by atoms with Crippen LogP contribution in [0.4, 0.5) is 0 Å². The van der Waals surface area contributed by atoms with Gasteiger partial charge in [-0.1, -0.05) is 0 Å². The number of ether oxygens (including phenoxy) is 2. The molecule has 0 unspecified atom stereocenters. The number of aliphatic hydroxyl groups is 1. The lowest BCUT2D eigenvalue weighted by Gasteiger charge is -2.17. The second-order valence-electron chi connectivity index (χ2n) is 3.95. The van der Waals surface area contributed by atoms with Crippen LogP contribution in [0.5, 0.6) is 11.5 Å². The third-order valence-corrected chi connectivity index (χ3v) is 2.86. The fraction of sp³-hybridized carbons (Fsp3) is 0.417.